The van der Waals surface area contributed by atoms with E-state index in [4.69, 9.17) is 10.5 Å². The number of amides is 1. The van der Waals surface area contributed by atoms with Crippen LogP contribution in [0.2, 0.25) is 0 Å². The molecule has 1 heterocycles. The minimum atomic E-state index is -0.0802. The Balaban J connectivity index is 2.27. The van der Waals surface area contributed by atoms with Crippen molar-refractivity contribution in [1.82, 2.24) is 4.90 Å². The normalized spacial score (nSPS) is 18.5. The molecule has 1 unspecified atom stereocenters. The van der Waals surface area contributed by atoms with Crippen molar-refractivity contribution >= 4 is 17.3 Å². The molecule has 1 aliphatic rings. The molecule has 1 atom stereocenters. The summed E-state index contributed by atoms with van der Waals surface area (Å²) in [7, 11) is 5.19. The van der Waals surface area contributed by atoms with Crippen LogP contribution in [0.15, 0.2) is 18.2 Å². The van der Waals surface area contributed by atoms with E-state index in [9.17, 15) is 4.79 Å². The van der Waals surface area contributed by atoms with Crippen LogP contribution in [0.1, 0.15) is 12.8 Å². The van der Waals surface area contributed by atoms with Crippen LogP contribution in [0.5, 0.6) is 5.75 Å². The number of rotatable bonds is 3. The number of carbonyl (C=O) groups is 1. The summed E-state index contributed by atoms with van der Waals surface area (Å²) in [6.45, 7) is 0.886. The number of nitrogen functional groups attached to an aromatic ring is 1. The van der Waals surface area contributed by atoms with E-state index in [1.807, 2.05) is 18.2 Å². The summed E-state index contributed by atoms with van der Waals surface area (Å²) in [5.74, 6) is 0.800. The van der Waals surface area contributed by atoms with Gasteiger partial charge >= 0.3 is 0 Å². The van der Waals surface area contributed by atoms with Crippen molar-refractivity contribution in [1.29, 1.82) is 0 Å². The molecule has 1 fully saturated rings. The van der Waals surface area contributed by atoms with Crippen molar-refractivity contribution < 1.29 is 9.53 Å². The molecule has 104 valence electrons. The SMILES string of the molecule is COc1cc(N2CCCC2C(=O)N(C)C)ccc1N. The van der Waals surface area contributed by atoms with E-state index < -0.39 is 0 Å². The standard InChI is InChI=1S/C14H21N3O2/c1-16(2)14(18)12-5-4-8-17(12)10-6-7-11(15)13(9-10)19-3/h6-7,9,12H,4-5,8,15H2,1-3H3. The van der Waals surface area contributed by atoms with Crippen molar-refractivity contribution in [2.45, 2.75) is 18.9 Å². The number of ether oxygens (including phenoxy) is 1. The number of methoxy groups -OCH3 is 1. The van der Waals surface area contributed by atoms with Gasteiger partial charge in [0, 0.05) is 32.4 Å². The second kappa shape index (κ2) is 5.38. The predicted octanol–water partition coefficient (Wildman–Crippen LogP) is 1.33. The Bertz CT molecular complexity index is 474. The van der Waals surface area contributed by atoms with Crippen molar-refractivity contribution in [3.63, 3.8) is 0 Å². The van der Waals surface area contributed by atoms with Gasteiger partial charge in [0.2, 0.25) is 5.91 Å². The molecule has 1 aromatic rings. The second-order valence-electron chi connectivity index (χ2n) is 5.01. The quantitative estimate of drug-likeness (QED) is 0.836. The van der Waals surface area contributed by atoms with Gasteiger partial charge in [-0.05, 0) is 25.0 Å². The first kappa shape index (κ1) is 13.5. The fourth-order valence-electron chi connectivity index (χ4n) is 2.51. The van der Waals surface area contributed by atoms with Gasteiger partial charge in [0.25, 0.3) is 0 Å². The molecule has 1 aromatic carbocycles. The van der Waals surface area contributed by atoms with Gasteiger partial charge in [-0.1, -0.05) is 0 Å². The average Bonchev–Trinajstić information content (AvgIpc) is 2.87. The fourth-order valence-corrected chi connectivity index (χ4v) is 2.51. The van der Waals surface area contributed by atoms with E-state index in [-0.39, 0.29) is 11.9 Å². The van der Waals surface area contributed by atoms with E-state index in [1.165, 1.54) is 0 Å². The Hall–Kier alpha value is -1.91. The van der Waals surface area contributed by atoms with Gasteiger partial charge in [-0.2, -0.15) is 0 Å². The smallest absolute Gasteiger partial charge is 0.244 e. The molecule has 1 aliphatic heterocycles. The van der Waals surface area contributed by atoms with Crippen LogP contribution in [-0.2, 0) is 4.79 Å². The van der Waals surface area contributed by atoms with Gasteiger partial charge in [0.15, 0.2) is 0 Å². The summed E-state index contributed by atoms with van der Waals surface area (Å²) in [4.78, 5) is 16.0. The third-order valence-electron chi connectivity index (χ3n) is 3.53. The van der Waals surface area contributed by atoms with Crippen LogP contribution in [0, 0.1) is 0 Å². The van der Waals surface area contributed by atoms with Crippen LogP contribution in [0.25, 0.3) is 0 Å². The van der Waals surface area contributed by atoms with E-state index in [0.29, 0.717) is 11.4 Å². The van der Waals surface area contributed by atoms with Gasteiger partial charge in [-0.15, -0.1) is 0 Å². The maximum atomic E-state index is 12.2. The number of nitrogens with two attached hydrogens (primary N) is 1. The lowest BCUT2D eigenvalue weighted by Crippen LogP contribution is -2.42. The highest BCUT2D eigenvalue weighted by molar-refractivity contribution is 5.85. The van der Waals surface area contributed by atoms with Crippen LogP contribution < -0.4 is 15.4 Å². The fraction of sp³-hybridized carbons (Fsp3) is 0.500. The molecule has 0 saturated carbocycles. The Morgan fingerprint density at radius 2 is 2.21 bits per heavy atom. The topological polar surface area (TPSA) is 58.8 Å². The van der Waals surface area contributed by atoms with Gasteiger partial charge in [-0.25, -0.2) is 0 Å². The second-order valence-corrected chi connectivity index (χ2v) is 5.01. The molecule has 0 aliphatic carbocycles. The minimum Gasteiger partial charge on any atom is -0.495 e. The number of benzene rings is 1. The Kier molecular flexibility index (Phi) is 3.83. The first-order valence-electron chi connectivity index (χ1n) is 6.46. The summed E-state index contributed by atoms with van der Waals surface area (Å²) in [5.41, 5.74) is 7.42. The summed E-state index contributed by atoms with van der Waals surface area (Å²) >= 11 is 0. The monoisotopic (exact) mass is 263 g/mol. The average molecular weight is 263 g/mol. The molecule has 2 rings (SSSR count). The zero-order valence-corrected chi connectivity index (χ0v) is 11.7. The van der Waals surface area contributed by atoms with E-state index >= 15 is 0 Å². The van der Waals surface area contributed by atoms with Gasteiger partial charge < -0.3 is 20.3 Å². The summed E-state index contributed by atoms with van der Waals surface area (Å²) in [6, 6.07) is 5.59. The van der Waals surface area contributed by atoms with E-state index in [2.05, 4.69) is 4.90 Å². The molecule has 19 heavy (non-hydrogen) atoms. The number of carbonyl (C=O) groups excluding carboxylic acids is 1. The zero-order valence-electron chi connectivity index (χ0n) is 11.7. The number of anilines is 2. The third kappa shape index (κ3) is 2.59. The maximum Gasteiger partial charge on any atom is 0.244 e. The predicted molar refractivity (Wildman–Crippen MR) is 76.5 cm³/mol. The summed E-state index contributed by atoms with van der Waals surface area (Å²) in [5, 5.41) is 0. The van der Waals surface area contributed by atoms with E-state index in [0.717, 1.165) is 25.1 Å². The van der Waals surface area contributed by atoms with Crippen LogP contribution >= 0.6 is 0 Å². The molecule has 5 nitrogen and oxygen atoms in total. The highest BCUT2D eigenvalue weighted by Crippen LogP contribution is 2.32. The van der Waals surface area contributed by atoms with Gasteiger partial charge in [0.1, 0.15) is 11.8 Å². The number of nitrogens with zero attached hydrogens (tertiary/aromatic N) is 2. The maximum absolute atomic E-state index is 12.2. The number of hydrogen-bond acceptors (Lipinski definition) is 4. The Morgan fingerprint density at radius 3 is 2.84 bits per heavy atom. The molecule has 2 N–H and O–H groups in total. The number of hydrogen-bond donors (Lipinski definition) is 1. The molecule has 0 spiro atoms. The van der Waals surface area contributed by atoms with Crippen molar-refractivity contribution in [2.75, 3.05) is 38.4 Å². The Labute approximate surface area is 113 Å². The molecule has 5 heteroatoms. The molecular formula is C14H21N3O2. The molecule has 1 saturated heterocycles. The van der Waals surface area contributed by atoms with Crippen LogP contribution in [-0.4, -0.2) is 44.6 Å². The molecule has 0 aromatic heterocycles. The molecular weight excluding hydrogens is 242 g/mol. The van der Waals surface area contributed by atoms with Crippen molar-refractivity contribution in [2.24, 2.45) is 0 Å². The Morgan fingerprint density at radius 1 is 1.47 bits per heavy atom. The zero-order chi connectivity index (χ0) is 14.0. The highest BCUT2D eigenvalue weighted by atomic mass is 16.5. The van der Waals surface area contributed by atoms with Gasteiger partial charge in [0.05, 0.1) is 12.8 Å². The van der Waals surface area contributed by atoms with Crippen molar-refractivity contribution in [3.05, 3.63) is 18.2 Å². The lowest BCUT2D eigenvalue weighted by molar-refractivity contribution is -0.129. The molecule has 1 amide bonds. The van der Waals surface area contributed by atoms with Crippen LogP contribution in [0.4, 0.5) is 11.4 Å². The first-order valence-corrected chi connectivity index (χ1v) is 6.46. The molecule has 0 bridgehead atoms. The largest absolute Gasteiger partial charge is 0.495 e. The highest BCUT2D eigenvalue weighted by Gasteiger charge is 2.32. The van der Waals surface area contributed by atoms with Gasteiger partial charge in [-0.3, -0.25) is 4.79 Å². The van der Waals surface area contributed by atoms with Crippen LogP contribution in [0.3, 0.4) is 0 Å². The molecule has 0 radical (unpaired) electrons. The minimum absolute atomic E-state index is 0.0802. The lowest BCUT2D eigenvalue weighted by Gasteiger charge is -2.28. The van der Waals surface area contributed by atoms with Crippen molar-refractivity contribution in [3.8, 4) is 5.75 Å². The van der Waals surface area contributed by atoms with E-state index in [1.54, 1.807) is 26.1 Å². The summed E-state index contributed by atoms with van der Waals surface area (Å²) < 4.78 is 5.24. The number of likely N-dealkylation sites (N-methyl/N-ethyl adjacent to an activating group) is 1. The summed E-state index contributed by atoms with van der Waals surface area (Å²) in [6.07, 6.45) is 1.92. The first-order chi connectivity index (χ1) is 9.04. The lowest BCUT2D eigenvalue weighted by atomic mass is 10.1. The third-order valence-corrected chi connectivity index (χ3v) is 3.53.